The summed E-state index contributed by atoms with van der Waals surface area (Å²) in [4.78, 5) is 55.5. The van der Waals surface area contributed by atoms with Crippen molar-refractivity contribution in [3.05, 3.63) is 61.0 Å². The van der Waals surface area contributed by atoms with Crippen molar-refractivity contribution in [1.82, 2.24) is 44.6 Å². The molecule has 4 aliphatic rings. The van der Waals surface area contributed by atoms with Crippen LogP contribution in [0.1, 0.15) is 111 Å². The average molecular weight is 824 g/mol. The summed E-state index contributed by atoms with van der Waals surface area (Å²) in [5, 5.41) is 9.48. The molecule has 60 heavy (non-hydrogen) atoms. The van der Waals surface area contributed by atoms with Gasteiger partial charge in [-0.3, -0.25) is 9.59 Å². The summed E-state index contributed by atoms with van der Waals surface area (Å²) >= 11 is 0. The number of piperidine rings is 2. The Kier molecular flexibility index (Phi) is 16.3. The largest absolute Gasteiger partial charge is 0.365 e. The molecule has 0 radical (unpaired) electrons. The smallest absolute Gasteiger partial charge is 0.246 e. The van der Waals surface area contributed by atoms with E-state index < -0.39 is 0 Å². The Morgan fingerprint density at radius 2 is 1.25 bits per heavy atom. The number of fused-ring (bicyclic) bond motifs is 2. The third kappa shape index (κ3) is 11.3. The fraction of sp³-hybridized carbons (Fsp3) is 0.617. The third-order valence-electron chi connectivity index (χ3n) is 13.0. The number of rotatable bonds is 13. The highest BCUT2D eigenvalue weighted by Crippen LogP contribution is 2.38. The molecule has 2 amide bonds. The first-order valence-corrected chi connectivity index (χ1v) is 21.8. The normalized spacial score (nSPS) is 24.2. The molecule has 0 aromatic carbocycles. The van der Waals surface area contributed by atoms with Crippen LogP contribution in [0.25, 0.3) is 22.1 Å². The Morgan fingerprint density at radius 3 is 1.73 bits per heavy atom. The zero-order valence-electron chi connectivity index (χ0n) is 35.3. The lowest BCUT2D eigenvalue weighted by Crippen LogP contribution is -2.49. The van der Waals surface area contributed by atoms with Gasteiger partial charge in [-0.1, -0.05) is 47.3 Å². The maximum absolute atomic E-state index is 12.7. The number of H-pyrrole nitrogens is 2. The lowest BCUT2D eigenvalue weighted by molar-refractivity contribution is -0.130. The summed E-state index contributed by atoms with van der Waals surface area (Å²) in [6.45, 7) is 12.3. The molecule has 4 N–H and O–H groups in total. The van der Waals surface area contributed by atoms with Crippen molar-refractivity contribution in [2.24, 2.45) is 17.8 Å². The lowest BCUT2D eigenvalue weighted by Gasteiger charge is -2.38. The Balaban J connectivity index is 0.000000220. The molecule has 13 heteroatoms. The van der Waals surface area contributed by atoms with Crippen LogP contribution in [0, 0.1) is 17.8 Å². The number of hydrogen-bond acceptors (Lipinski definition) is 9. The molecule has 6 atom stereocenters. The van der Waals surface area contributed by atoms with Crippen molar-refractivity contribution < 1.29 is 9.59 Å². The Labute approximate surface area is 358 Å². The predicted octanol–water partition coefficient (Wildman–Crippen LogP) is 8.40. The third-order valence-corrected chi connectivity index (χ3v) is 13.0. The van der Waals surface area contributed by atoms with Gasteiger partial charge in [-0.25, -0.2) is 19.9 Å². The monoisotopic (exact) mass is 824 g/mol. The van der Waals surface area contributed by atoms with Crippen molar-refractivity contribution >= 4 is 45.5 Å². The van der Waals surface area contributed by atoms with Gasteiger partial charge in [-0.05, 0) is 127 Å². The van der Waals surface area contributed by atoms with Crippen molar-refractivity contribution in [2.75, 3.05) is 44.4 Å². The van der Waals surface area contributed by atoms with E-state index in [-0.39, 0.29) is 50.8 Å². The number of hydrogen-bond donors (Lipinski definition) is 4. The lowest BCUT2D eigenvalue weighted by atomic mass is 9.96. The van der Waals surface area contributed by atoms with Crippen LogP contribution in [0.15, 0.2) is 49.9 Å². The van der Waals surface area contributed by atoms with Crippen LogP contribution in [0.3, 0.4) is 0 Å². The number of carbonyl (C=O) groups excluding carboxylic acids is 2. The molecule has 2 saturated carbocycles. The first-order chi connectivity index (χ1) is 28.1. The van der Waals surface area contributed by atoms with E-state index in [0.29, 0.717) is 13.1 Å². The van der Waals surface area contributed by atoms with Gasteiger partial charge in [-0.2, -0.15) is 0 Å². The van der Waals surface area contributed by atoms with E-state index >= 15 is 0 Å². The zero-order valence-corrected chi connectivity index (χ0v) is 35.3. The van der Waals surface area contributed by atoms with Crippen molar-refractivity contribution in [1.29, 1.82) is 0 Å². The summed E-state index contributed by atoms with van der Waals surface area (Å²) in [7, 11) is 4.00. The van der Waals surface area contributed by atoms with Crippen LogP contribution < -0.4 is 10.6 Å². The second kappa shape index (κ2) is 21.1. The molecular formula is C47H73N11O2. The standard InChI is InChI=1S/C23H33N5O.C22H32N6O.2CH4/c1-4-16-7-8-17(10-16)11-18-12-24-22-21(18)23(26-14-25-22)27-19-9-6-15(3)28(13-19)20(29)5-2;1-15-6-9-18(13-28(15)19(29)5-4-10-27(2)3)26-22-20-17(11-16-7-8-16)12-23-21(20)24-14-25-22;;/h5,12,14-17,19H,2,4,6-11,13H2,1,3H3,(H2,24,25,26,27);4-5,12,14-16,18H,6-11,13H2,1-3H3,(H2,23,24,25,26);2*1H4/b;5-4+;;/t15-,16?,17?,19+;15-,18+;;/m00../s1. The van der Waals surface area contributed by atoms with Crippen molar-refractivity contribution in [3.63, 3.8) is 0 Å². The fourth-order valence-corrected chi connectivity index (χ4v) is 9.30. The van der Waals surface area contributed by atoms with Crippen LogP contribution in [-0.4, -0.2) is 114 Å². The van der Waals surface area contributed by atoms with Crippen LogP contribution in [-0.2, 0) is 22.4 Å². The number of amides is 2. The molecule has 2 unspecified atom stereocenters. The van der Waals surface area contributed by atoms with Crippen LogP contribution in [0.2, 0.25) is 0 Å². The molecule has 328 valence electrons. The summed E-state index contributed by atoms with van der Waals surface area (Å²) in [5.74, 6) is 4.32. The van der Waals surface area contributed by atoms with E-state index in [4.69, 9.17) is 0 Å². The van der Waals surface area contributed by atoms with Crippen LogP contribution in [0.5, 0.6) is 0 Å². The Hall–Kier alpha value is -4.78. The van der Waals surface area contributed by atoms with Gasteiger partial charge in [0.2, 0.25) is 11.8 Å². The number of nitrogens with zero attached hydrogens (tertiary/aromatic N) is 7. The minimum absolute atomic E-state index is 0. The van der Waals surface area contributed by atoms with Gasteiger partial charge in [0.1, 0.15) is 35.6 Å². The zero-order chi connectivity index (χ0) is 40.8. The van der Waals surface area contributed by atoms with Gasteiger partial charge >= 0.3 is 0 Å². The molecule has 2 aliphatic heterocycles. The minimum atomic E-state index is 0. The molecule has 0 spiro atoms. The summed E-state index contributed by atoms with van der Waals surface area (Å²) in [6.07, 6.45) is 26.6. The molecule has 2 aliphatic carbocycles. The highest BCUT2D eigenvalue weighted by Gasteiger charge is 2.31. The topological polar surface area (TPSA) is 151 Å². The number of anilines is 2. The summed E-state index contributed by atoms with van der Waals surface area (Å²) in [6, 6.07) is 0.888. The highest BCUT2D eigenvalue weighted by atomic mass is 16.2. The van der Waals surface area contributed by atoms with E-state index in [0.717, 1.165) is 96.5 Å². The first kappa shape index (κ1) is 46.3. The van der Waals surface area contributed by atoms with Crippen molar-refractivity contribution in [2.45, 2.75) is 137 Å². The molecule has 8 rings (SSSR count). The number of likely N-dealkylation sites (N-methyl/N-ethyl adjacent to an activating group) is 1. The number of likely N-dealkylation sites (tertiary alicyclic amines) is 2. The van der Waals surface area contributed by atoms with Gasteiger partial charge in [-0.15, -0.1) is 0 Å². The molecule has 4 aromatic rings. The number of carbonyl (C=O) groups is 2. The van der Waals surface area contributed by atoms with Crippen molar-refractivity contribution in [3.8, 4) is 0 Å². The first-order valence-electron chi connectivity index (χ1n) is 21.8. The van der Waals surface area contributed by atoms with E-state index in [9.17, 15) is 9.59 Å². The SMILES string of the molecule is C.C.C=CC(=O)N1C[C@H](Nc2ncnc3[nH]cc(CC4CCC(CC)C4)c23)CC[C@@H]1C.C[C@H]1CC[C@@H](Nc2ncnc3[nH]cc(CC4CC4)c23)CN1C(=O)/C=C/CN(C)C. The molecule has 6 heterocycles. The minimum Gasteiger partial charge on any atom is -0.365 e. The average Bonchev–Trinajstić information content (AvgIpc) is 3.54. The predicted molar refractivity (Wildman–Crippen MR) is 246 cm³/mol. The van der Waals surface area contributed by atoms with E-state index in [2.05, 4.69) is 80.3 Å². The molecule has 4 aromatic heterocycles. The van der Waals surface area contributed by atoms with E-state index in [1.54, 1.807) is 18.7 Å². The van der Waals surface area contributed by atoms with E-state index in [1.165, 1.54) is 55.7 Å². The number of aromatic amines is 2. The van der Waals surface area contributed by atoms with Crippen LogP contribution >= 0.6 is 0 Å². The van der Waals surface area contributed by atoms with Gasteiger partial charge in [0, 0.05) is 62.3 Å². The maximum Gasteiger partial charge on any atom is 0.246 e. The maximum atomic E-state index is 12.7. The van der Waals surface area contributed by atoms with Gasteiger partial charge in [0.05, 0.1) is 10.8 Å². The Morgan fingerprint density at radius 1 is 0.750 bits per heavy atom. The summed E-state index contributed by atoms with van der Waals surface area (Å²) in [5.41, 5.74) is 4.40. The highest BCUT2D eigenvalue weighted by molar-refractivity contribution is 5.92. The summed E-state index contributed by atoms with van der Waals surface area (Å²) < 4.78 is 0. The molecule has 4 fully saturated rings. The number of nitrogens with one attached hydrogen (secondary N) is 4. The second-order valence-corrected chi connectivity index (χ2v) is 17.7. The molecule has 13 nitrogen and oxygen atoms in total. The quantitative estimate of drug-likeness (QED) is 0.0975. The van der Waals surface area contributed by atoms with Crippen LogP contribution in [0.4, 0.5) is 11.6 Å². The Bertz CT molecular complexity index is 2050. The van der Waals surface area contributed by atoms with Gasteiger partial charge < -0.3 is 35.3 Å². The second-order valence-electron chi connectivity index (χ2n) is 17.7. The van der Waals surface area contributed by atoms with E-state index in [1.807, 2.05) is 34.9 Å². The van der Waals surface area contributed by atoms with Gasteiger partial charge in [0.25, 0.3) is 0 Å². The molecular weight excluding hydrogens is 751 g/mol. The van der Waals surface area contributed by atoms with Gasteiger partial charge in [0.15, 0.2) is 0 Å². The number of aromatic nitrogens is 6. The fourth-order valence-electron chi connectivity index (χ4n) is 9.30. The molecule has 0 bridgehead atoms. The molecule has 2 saturated heterocycles.